The molecule has 5 aromatic rings. The number of rotatable bonds is 6. The molecule has 1 aliphatic carbocycles. The molecule has 0 bridgehead atoms. The molecule has 0 aliphatic heterocycles. The maximum absolute atomic E-state index is 13.0. The number of carbonyl (C=O) groups excluding carboxylic acids is 2. The molecule has 10 nitrogen and oxygen atoms in total. The average Bonchev–Trinajstić information content (AvgIpc) is 3.66. The smallest absolute Gasteiger partial charge is 0.270 e. The second kappa shape index (κ2) is 9.70. The number of H-pyrrole nitrogens is 1. The van der Waals surface area contributed by atoms with Crippen LogP contribution in [0.4, 0.5) is 11.6 Å². The standard InChI is InChI=1S/C28H27ClN8O2/c1-36(2)27(39)22-12-15-14-31-28(35-26(15)37(22)17-6-3-4-7-17)32-16-10-11-20(29)19(13-16)25-33-21-9-5-8-18(24(30)38)23(21)34-25/h5,8-14,17H,3-4,6-7H2,1-2H3,(H2,30,38)(H,33,34)(H,31,32,35). The molecule has 0 atom stereocenters. The lowest BCUT2D eigenvalue weighted by Crippen LogP contribution is -2.25. The molecule has 198 valence electrons. The van der Waals surface area contributed by atoms with Crippen LogP contribution in [0.3, 0.4) is 0 Å². The minimum atomic E-state index is -0.550. The Balaban J connectivity index is 1.38. The number of nitrogens with two attached hydrogens (primary N) is 1. The molecular weight excluding hydrogens is 516 g/mol. The maximum atomic E-state index is 13.0. The van der Waals surface area contributed by atoms with Crippen molar-refractivity contribution in [1.29, 1.82) is 0 Å². The summed E-state index contributed by atoms with van der Waals surface area (Å²) in [5.74, 6) is 0.302. The molecule has 3 heterocycles. The Kier molecular flexibility index (Phi) is 6.19. The predicted molar refractivity (Wildman–Crippen MR) is 151 cm³/mol. The summed E-state index contributed by atoms with van der Waals surface area (Å²) >= 11 is 6.54. The van der Waals surface area contributed by atoms with Gasteiger partial charge in [-0.3, -0.25) is 9.59 Å². The molecule has 0 unspecified atom stereocenters. The Morgan fingerprint density at radius 2 is 1.92 bits per heavy atom. The van der Waals surface area contributed by atoms with Crippen molar-refractivity contribution in [3.05, 3.63) is 64.9 Å². The molecular formula is C28H27ClN8O2. The van der Waals surface area contributed by atoms with Gasteiger partial charge < -0.3 is 25.5 Å². The average molecular weight is 543 g/mol. The Morgan fingerprint density at radius 3 is 2.67 bits per heavy atom. The van der Waals surface area contributed by atoms with Crippen LogP contribution in [0.25, 0.3) is 33.5 Å². The Bertz CT molecular complexity index is 1750. The first-order chi connectivity index (χ1) is 18.8. The molecule has 1 saturated carbocycles. The van der Waals surface area contributed by atoms with Crippen LogP contribution in [-0.2, 0) is 0 Å². The first-order valence-electron chi connectivity index (χ1n) is 12.8. The van der Waals surface area contributed by atoms with E-state index in [2.05, 4.69) is 24.8 Å². The Hall–Kier alpha value is -4.44. The van der Waals surface area contributed by atoms with Crippen LogP contribution in [-0.4, -0.2) is 55.3 Å². The van der Waals surface area contributed by atoms with Crippen molar-refractivity contribution in [2.45, 2.75) is 31.7 Å². The van der Waals surface area contributed by atoms with E-state index >= 15 is 0 Å². The van der Waals surface area contributed by atoms with Crippen molar-refractivity contribution in [3.63, 3.8) is 0 Å². The highest BCUT2D eigenvalue weighted by Gasteiger charge is 2.26. The lowest BCUT2D eigenvalue weighted by Gasteiger charge is -2.19. The van der Waals surface area contributed by atoms with Crippen LogP contribution < -0.4 is 11.1 Å². The Morgan fingerprint density at radius 1 is 1.13 bits per heavy atom. The third-order valence-corrected chi connectivity index (χ3v) is 7.48. The zero-order valence-electron chi connectivity index (χ0n) is 21.5. The third kappa shape index (κ3) is 4.46. The summed E-state index contributed by atoms with van der Waals surface area (Å²) in [5, 5.41) is 4.58. The quantitative estimate of drug-likeness (QED) is 0.267. The summed E-state index contributed by atoms with van der Waals surface area (Å²) in [5.41, 5.74) is 9.73. The molecule has 2 aromatic carbocycles. The number of hydrogen-bond donors (Lipinski definition) is 3. The fourth-order valence-corrected chi connectivity index (χ4v) is 5.47. The Labute approximate surface area is 229 Å². The van der Waals surface area contributed by atoms with Gasteiger partial charge in [-0.1, -0.05) is 30.5 Å². The van der Waals surface area contributed by atoms with E-state index in [1.165, 1.54) is 0 Å². The number of halogens is 1. The first-order valence-corrected chi connectivity index (χ1v) is 13.1. The zero-order chi connectivity index (χ0) is 27.3. The number of para-hydroxylation sites is 1. The van der Waals surface area contributed by atoms with Crippen LogP contribution in [0.15, 0.2) is 48.7 Å². The van der Waals surface area contributed by atoms with E-state index in [0.717, 1.165) is 36.7 Å². The number of aromatic nitrogens is 5. The summed E-state index contributed by atoms with van der Waals surface area (Å²) in [4.78, 5) is 43.6. The van der Waals surface area contributed by atoms with E-state index in [0.29, 0.717) is 50.3 Å². The van der Waals surface area contributed by atoms with Crippen molar-refractivity contribution in [1.82, 2.24) is 29.4 Å². The van der Waals surface area contributed by atoms with Crippen LogP contribution in [0.1, 0.15) is 52.6 Å². The number of nitrogens with one attached hydrogen (secondary N) is 2. The number of hydrogen-bond acceptors (Lipinski definition) is 6. The van der Waals surface area contributed by atoms with Gasteiger partial charge in [0.15, 0.2) is 0 Å². The minimum absolute atomic E-state index is 0.0536. The number of imidazole rings is 1. The van der Waals surface area contributed by atoms with Gasteiger partial charge in [-0.25, -0.2) is 9.97 Å². The predicted octanol–water partition coefficient (Wildman–Crippen LogP) is 5.29. The lowest BCUT2D eigenvalue weighted by molar-refractivity contribution is 0.0815. The maximum Gasteiger partial charge on any atom is 0.270 e. The van der Waals surface area contributed by atoms with Crippen molar-refractivity contribution < 1.29 is 9.59 Å². The normalized spacial score (nSPS) is 13.8. The number of fused-ring (bicyclic) bond motifs is 2. The topological polar surface area (TPSA) is 135 Å². The number of nitrogens with zero attached hydrogens (tertiary/aromatic N) is 5. The fourth-order valence-electron chi connectivity index (χ4n) is 5.27. The molecule has 2 amide bonds. The number of amides is 2. The van der Waals surface area contributed by atoms with Gasteiger partial charge in [0, 0.05) is 43.0 Å². The summed E-state index contributed by atoms with van der Waals surface area (Å²) in [7, 11) is 3.51. The van der Waals surface area contributed by atoms with E-state index in [4.69, 9.17) is 22.3 Å². The summed E-state index contributed by atoms with van der Waals surface area (Å²) in [6.07, 6.45) is 6.03. The molecule has 11 heteroatoms. The SMILES string of the molecule is CN(C)C(=O)c1cc2cnc(Nc3ccc(Cl)c(-c4nc5c(C(N)=O)cccc5[nH]4)c3)nc2n1C1CCCC1. The minimum Gasteiger partial charge on any atom is -0.366 e. The van der Waals surface area contributed by atoms with Crippen molar-refractivity contribution in [3.8, 4) is 11.4 Å². The van der Waals surface area contributed by atoms with E-state index < -0.39 is 5.91 Å². The summed E-state index contributed by atoms with van der Waals surface area (Å²) < 4.78 is 2.08. The molecule has 1 aliphatic rings. The largest absolute Gasteiger partial charge is 0.366 e. The van der Waals surface area contributed by atoms with E-state index in [9.17, 15) is 9.59 Å². The molecule has 0 spiro atoms. The fraction of sp³-hybridized carbons (Fsp3) is 0.250. The van der Waals surface area contributed by atoms with Crippen LogP contribution >= 0.6 is 11.6 Å². The second-order valence-electron chi connectivity index (χ2n) is 9.98. The highest BCUT2D eigenvalue weighted by molar-refractivity contribution is 6.33. The number of anilines is 2. The van der Waals surface area contributed by atoms with Crippen LogP contribution in [0.5, 0.6) is 0 Å². The van der Waals surface area contributed by atoms with Gasteiger partial charge in [0.25, 0.3) is 11.8 Å². The summed E-state index contributed by atoms with van der Waals surface area (Å²) in [6, 6.07) is 12.7. The highest BCUT2D eigenvalue weighted by atomic mass is 35.5. The van der Waals surface area contributed by atoms with Crippen molar-refractivity contribution in [2.24, 2.45) is 5.73 Å². The number of benzene rings is 2. The van der Waals surface area contributed by atoms with E-state index in [1.807, 2.05) is 24.3 Å². The second-order valence-corrected chi connectivity index (χ2v) is 10.4. The van der Waals surface area contributed by atoms with Crippen LogP contribution in [0.2, 0.25) is 5.02 Å². The molecule has 3 aromatic heterocycles. The molecule has 1 fully saturated rings. The molecule has 0 radical (unpaired) electrons. The van der Waals surface area contributed by atoms with Gasteiger partial charge in [-0.05, 0) is 49.2 Å². The number of aromatic amines is 1. The first kappa shape index (κ1) is 24.9. The van der Waals surface area contributed by atoms with E-state index in [-0.39, 0.29) is 11.9 Å². The molecule has 4 N–H and O–H groups in total. The molecule has 6 rings (SSSR count). The van der Waals surface area contributed by atoms with Gasteiger partial charge in [-0.2, -0.15) is 4.98 Å². The lowest BCUT2D eigenvalue weighted by atomic mass is 10.2. The number of primary amides is 1. The van der Waals surface area contributed by atoms with Gasteiger partial charge in [-0.15, -0.1) is 0 Å². The summed E-state index contributed by atoms with van der Waals surface area (Å²) in [6.45, 7) is 0. The zero-order valence-corrected chi connectivity index (χ0v) is 22.3. The van der Waals surface area contributed by atoms with Gasteiger partial charge in [0.1, 0.15) is 22.7 Å². The van der Waals surface area contributed by atoms with E-state index in [1.54, 1.807) is 43.4 Å². The van der Waals surface area contributed by atoms with Crippen molar-refractivity contribution in [2.75, 3.05) is 19.4 Å². The van der Waals surface area contributed by atoms with Gasteiger partial charge in [0.2, 0.25) is 5.95 Å². The third-order valence-electron chi connectivity index (χ3n) is 7.15. The van der Waals surface area contributed by atoms with Crippen LogP contribution in [0, 0.1) is 0 Å². The molecule has 39 heavy (non-hydrogen) atoms. The molecule has 0 saturated heterocycles. The van der Waals surface area contributed by atoms with Gasteiger partial charge in [0.05, 0.1) is 16.1 Å². The van der Waals surface area contributed by atoms with Gasteiger partial charge >= 0.3 is 0 Å². The number of carbonyl (C=O) groups is 2. The van der Waals surface area contributed by atoms with Crippen molar-refractivity contribution >= 4 is 57.1 Å². The monoisotopic (exact) mass is 542 g/mol. The highest BCUT2D eigenvalue weighted by Crippen LogP contribution is 2.35.